The van der Waals surface area contributed by atoms with Gasteiger partial charge in [0.15, 0.2) is 0 Å². The summed E-state index contributed by atoms with van der Waals surface area (Å²) in [6.07, 6.45) is 4.09. The molecule has 0 saturated carbocycles. The van der Waals surface area contributed by atoms with Crippen LogP contribution in [0.3, 0.4) is 0 Å². The maximum Gasteiger partial charge on any atom is 0.274 e. The minimum absolute atomic E-state index is 0.0583. The lowest BCUT2D eigenvalue weighted by molar-refractivity contribution is 0.0626. The van der Waals surface area contributed by atoms with Crippen LogP contribution in [0.1, 0.15) is 50.0 Å². The number of carbonyl (C=O) groups excluding carboxylic acids is 1. The van der Waals surface area contributed by atoms with Crippen molar-refractivity contribution < 1.29 is 4.79 Å². The predicted octanol–water partition coefficient (Wildman–Crippen LogP) is 1.67. The molecule has 0 aliphatic carbocycles. The Kier molecular flexibility index (Phi) is 4.35. The van der Waals surface area contributed by atoms with E-state index in [1.807, 2.05) is 11.8 Å². The van der Waals surface area contributed by atoms with E-state index < -0.39 is 0 Å². The van der Waals surface area contributed by atoms with Crippen LogP contribution < -0.4 is 5.56 Å². The van der Waals surface area contributed by atoms with Gasteiger partial charge in [0.25, 0.3) is 11.5 Å². The highest BCUT2D eigenvalue weighted by Gasteiger charge is 2.25. The van der Waals surface area contributed by atoms with Crippen molar-refractivity contribution >= 4 is 5.91 Å². The lowest BCUT2D eigenvalue weighted by Crippen LogP contribution is -2.43. The van der Waals surface area contributed by atoms with Crippen LogP contribution >= 0.6 is 0 Å². The summed E-state index contributed by atoms with van der Waals surface area (Å²) in [4.78, 5) is 25.9. The highest BCUT2D eigenvalue weighted by molar-refractivity contribution is 5.92. The van der Waals surface area contributed by atoms with Crippen molar-refractivity contribution in [1.29, 1.82) is 0 Å². The lowest BCUT2D eigenvalue weighted by Gasteiger charge is -2.33. The van der Waals surface area contributed by atoms with Gasteiger partial charge in [-0.05, 0) is 38.7 Å². The first kappa shape index (κ1) is 13.8. The summed E-state index contributed by atoms with van der Waals surface area (Å²) < 4.78 is 1.38. The quantitative estimate of drug-likeness (QED) is 0.833. The van der Waals surface area contributed by atoms with Crippen LogP contribution in [0.2, 0.25) is 0 Å². The van der Waals surface area contributed by atoms with Crippen molar-refractivity contribution in [2.24, 2.45) is 0 Å². The fraction of sp³-hybridized carbons (Fsp3) is 0.643. The molecule has 104 valence electrons. The number of likely N-dealkylation sites (tertiary alicyclic amines) is 1. The Morgan fingerprint density at radius 1 is 1.42 bits per heavy atom. The van der Waals surface area contributed by atoms with E-state index in [0.717, 1.165) is 25.8 Å². The third-order valence-corrected chi connectivity index (χ3v) is 3.58. The predicted molar refractivity (Wildman–Crippen MR) is 73.1 cm³/mol. The highest BCUT2D eigenvalue weighted by Crippen LogP contribution is 2.18. The molecule has 1 amide bonds. The molecule has 0 aromatic carbocycles. The minimum atomic E-state index is -0.148. The fourth-order valence-electron chi connectivity index (χ4n) is 2.48. The molecule has 1 fully saturated rings. The van der Waals surface area contributed by atoms with Crippen molar-refractivity contribution in [2.45, 2.75) is 52.1 Å². The Balaban J connectivity index is 2.23. The molecule has 0 radical (unpaired) electrons. The maximum absolute atomic E-state index is 12.4. The molecule has 1 aromatic heterocycles. The van der Waals surface area contributed by atoms with Gasteiger partial charge in [-0.2, -0.15) is 5.10 Å². The van der Waals surface area contributed by atoms with Gasteiger partial charge in [0.2, 0.25) is 0 Å². The number of hydrogen-bond donors (Lipinski definition) is 0. The monoisotopic (exact) mass is 263 g/mol. The Morgan fingerprint density at radius 3 is 2.89 bits per heavy atom. The first-order valence-electron chi connectivity index (χ1n) is 7.02. The summed E-state index contributed by atoms with van der Waals surface area (Å²) in [7, 11) is 0. The van der Waals surface area contributed by atoms with E-state index in [-0.39, 0.29) is 17.5 Å². The second-order valence-electron chi connectivity index (χ2n) is 5.12. The third-order valence-electron chi connectivity index (χ3n) is 3.58. The highest BCUT2D eigenvalue weighted by atomic mass is 16.2. The Bertz CT molecular complexity index is 510. The van der Waals surface area contributed by atoms with E-state index in [9.17, 15) is 9.59 Å². The van der Waals surface area contributed by atoms with E-state index in [1.54, 1.807) is 0 Å². The van der Waals surface area contributed by atoms with Crippen molar-refractivity contribution in [3.05, 3.63) is 28.2 Å². The Labute approximate surface area is 113 Å². The largest absolute Gasteiger partial charge is 0.335 e. The number of aromatic nitrogens is 2. The van der Waals surface area contributed by atoms with E-state index in [4.69, 9.17) is 0 Å². The van der Waals surface area contributed by atoms with Crippen molar-refractivity contribution in [1.82, 2.24) is 14.7 Å². The molecule has 1 aliphatic rings. The number of carbonyl (C=O) groups is 1. The molecule has 1 unspecified atom stereocenters. The topological polar surface area (TPSA) is 55.2 Å². The minimum Gasteiger partial charge on any atom is -0.335 e. The summed E-state index contributed by atoms with van der Waals surface area (Å²) in [6.45, 7) is 5.39. The molecule has 0 spiro atoms. The zero-order valence-electron chi connectivity index (χ0n) is 11.6. The standard InChI is InChI=1S/C14H21N3O2/c1-3-9-17-13(18)8-7-12(15-17)14(19)16-10-5-4-6-11(16)2/h7-8,11H,3-6,9-10H2,1-2H3. The number of piperidine rings is 1. The molecule has 1 aromatic rings. The van der Waals surface area contributed by atoms with Crippen LogP contribution in [0.4, 0.5) is 0 Å². The summed E-state index contributed by atoms with van der Waals surface area (Å²) in [5.41, 5.74) is 0.229. The number of rotatable bonds is 3. The number of nitrogens with zero attached hydrogens (tertiary/aromatic N) is 3. The van der Waals surface area contributed by atoms with Crippen LogP contribution in [0, 0.1) is 0 Å². The first-order chi connectivity index (χ1) is 9.13. The molecule has 1 atom stereocenters. The van der Waals surface area contributed by atoms with Crippen LogP contribution in [0.25, 0.3) is 0 Å². The average molecular weight is 263 g/mol. The van der Waals surface area contributed by atoms with Crippen molar-refractivity contribution in [3.8, 4) is 0 Å². The molecule has 0 bridgehead atoms. The zero-order valence-corrected chi connectivity index (χ0v) is 11.6. The van der Waals surface area contributed by atoms with E-state index in [1.165, 1.54) is 23.2 Å². The second kappa shape index (κ2) is 5.99. The molecular formula is C14H21N3O2. The first-order valence-corrected chi connectivity index (χ1v) is 7.02. The Morgan fingerprint density at radius 2 is 2.21 bits per heavy atom. The van der Waals surface area contributed by atoms with Crippen LogP contribution in [0.15, 0.2) is 16.9 Å². The molecular weight excluding hydrogens is 242 g/mol. The molecule has 0 N–H and O–H groups in total. The Hall–Kier alpha value is -1.65. The molecule has 19 heavy (non-hydrogen) atoms. The summed E-state index contributed by atoms with van der Waals surface area (Å²) >= 11 is 0. The molecule has 1 saturated heterocycles. The smallest absolute Gasteiger partial charge is 0.274 e. The van der Waals surface area contributed by atoms with E-state index in [2.05, 4.69) is 12.0 Å². The van der Waals surface area contributed by atoms with Crippen molar-refractivity contribution in [2.75, 3.05) is 6.54 Å². The molecule has 5 heteroatoms. The molecule has 1 aliphatic heterocycles. The summed E-state index contributed by atoms with van der Waals surface area (Å²) in [5.74, 6) is -0.0583. The number of amides is 1. The number of hydrogen-bond acceptors (Lipinski definition) is 3. The van der Waals surface area contributed by atoms with Gasteiger partial charge in [-0.1, -0.05) is 6.92 Å². The molecule has 2 rings (SSSR count). The van der Waals surface area contributed by atoms with Gasteiger partial charge in [0.05, 0.1) is 0 Å². The van der Waals surface area contributed by atoms with Crippen LogP contribution in [-0.4, -0.2) is 33.2 Å². The zero-order chi connectivity index (χ0) is 13.8. The number of aryl methyl sites for hydroxylation is 1. The van der Waals surface area contributed by atoms with Crippen LogP contribution in [-0.2, 0) is 6.54 Å². The van der Waals surface area contributed by atoms with Crippen molar-refractivity contribution in [3.63, 3.8) is 0 Å². The molecule has 5 nitrogen and oxygen atoms in total. The van der Waals surface area contributed by atoms with E-state index in [0.29, 0.717) is 12.2 Å². The van der Waals surface area contributed by atoms with Gasteiger partial charge in [-0.3, -0.25) is 9.59 Å². The van der Waals surface area contributed by atoms with Gasteiger partial charge in [0, 0.05) is 25.2 Å². The molecule has 2 heterocycles. The average Bonchev–Trinajstić information content (AvgIpc) is 2.41. The normalized spacial score (nSPS) is 19.5. The van der Waals surface area contributed by atoms with Gasteiger partial charge in [0.1, 0.15) is 5.69 Å². The van der Waals surface area contributed by atoms with Crippen LogP contribution in [0.5, 0.6) is 0 Å². The van der Waals surface area contributed by atoms with Gasteiger partial charge >= 0.3 is 0 Å². The second-order valence-corrected chi connectivity index (χ2v) is 5.12. The third kappa shape index (κ3) is 3.03. The maximum atomic E-state index is 12.4. The summed E-state index contributed by atoms with van der Waals surface area (Å²) in [5, 5.41) is 4.18. The lowest BCUT2D eigenvalue weighted by atomic mass is 10.0. The van der Waals surface area contributed by atoms with Gasteiger partial charge in [-0.15, -0.1) is 0 Å². The summed E-state index contributed by atoms with van der Waals surface area (Å²) in [6, 6.07) is 3.23. The van der Waals surface area contributed by atoms with E-state index >= 15 is 0 Å². The van der Waals surface area contributed by atoms with Gasteiger partial charge in [-0.25, -0.2) is 4.68 Å². The van der Waals surface area contributed by atoms with Gasteiger partial charge < -0.3 is 4.90 Å². The SMILES string of the molecule is CCCn1nc(C(=O)N2CCCCC2C)ccc1=O. The fourth-order valence-corrected chi connectivity index (χ4v) is 2.48.